The van der Waals surface area contributed by atoms with Crippen LogP contribution in [-0.2, 0) is 11.2 Å². The monoisotopic (exact) mass is 274 g/mol. The van der Waals surface area contributed by atoms with E-state index in [1.165, 1.54) is 24.1 Å². The van der Waals surface area contributed by atoms with E-state index in [9.17, 15) is 0 Å². The van der Waals surface area contributed by atoms with E-state index in [-0.39, 0.29) is 0 Å². The van der Waals surface area contributed by atoms with Crippen LogP contribution in [-0.4, -0.2) is 38.4 Å². The highest BCUT2D eigenvalue weighted by Crippen LogP contribution is 2.32. The molecule has 3 rings (SSSR count). The standard InChI is InChI=1S/C17H26N2O/c1-3-18-16(15-8-9-20-12-15)11-19-13(2)10-14-6-4-5-7-17(14)19/h4-7,13,15-16,18H,3,8-12H2,1-2H3. The van der Waals surface area contributed by atoms with Crippen LogP contribution in [0.5, 0.6) is 0 Å². The van der Waals surface area contributed by atoms with Crippen LogP contribution in [0.15, 0.2) is 24.3 Å². The molecule has 0 aromatic heterocycles. The normalized spacial score (nSPS) is 26.8. The summed E-state index contributed by atoms with van der Waals surface area (Å²) in [5, 5.41) is 3.68. The highest BCUT2D eigenvalue weighted by molar-refractivity contribution is 5.59. The minimum atomic E-state index is 0.538. The molecule has 1 saturated heterocycles. The van der Waals surface area contributed by atoms with Crippen molar-refractivity contribution in [2.24, 2.45) is 5.92 Å². The lowest BCUT2D eigenvalue weighted by molar-refractivity contribution is 0.177. The van der Waals surface area contributed by atoms with Crippen molar-refractivity contribution < 1.29 is 4.74 Å². The van der Waals surface area contributed by atoms with Crippen LogP contribution in [0, 0.1) is 5.92 Å². The molecule has 0 amide bonds. The number of rotatable bonds is 5. The summed E-state index contributed by atoms with van der Waals surface area (Å²) < 4.78 is 5.59. The van der Waals surface area contributed by atoms with Crippen molar-refractivity contribution >= 4 is 5.69 Å². The fourth-order valence-electron chi connectivity index (χ4n) is 3.63. The van der Waals surface area contributed by atoms with Crippen LogP contribution >= 0.6 is 0 Å². The third-order valence-electron chi connectivity index (χ3n) is 4.74. The predicted molar refractivity (Wildman–Crippen MR) is 83.3 cm³/mol. The molecule has 3 unspecified atom stereocenters. The molecule has 2 aliphatic heterocycles. The number of hydrogen-bond acceptors (Lipinski definition) is 3. The van der Waals surface area contributed by atoms with E-state index in [2.05, 4.69) is 48.3 Å². The second-order valence-electron chi connectivity index (χ2n) is 6.12. The Labute approximate surface area is 122 Å². The van der Waals surface area contributed by atoms with Crippen LogP contribution in [0.4, 0.5) is 5.69 Å². The van der Waals surface area contributed by atoms with Gasteiger partial charge in [0, 0.05) is 36.8 Å². The Morgan fingerprint density at radius 3 is 3.00 bits per heavy atom. The van der Waals surface area contributed by atoms with Crippen LogP contribution < -0.4 is 10.2 Å². The van der Waals surface area contributed by atoms with Crippen LogP contribution in [0.25, 0.3) is 0 Å². The molecule has 0 saturated carbocycles. The maximum absolute atomic E-state index is 5.59. The zero-order valence-electron chi connectivity index (χ0n) is 12.6. The molecule has 1 N–H and O–H groups in total. The van der Waals surface area contributed by atoms with Gasteiger partial charge < -0.3 is 15.0 Å². The van der Waals surface area contributed by atoms with Gasteiger partial charge in [0.2, 0.25) is 0 Å². The van der Waals surface area contributed by atoms with E-state index < -0.39 is 0 Å². The average Bonchev–Trinajstić information content (AvgIpc) is 3.07. The molecule has 20 heavy (non-hydrogen) atoms. The minimum Gasteiger partial charge on any atom is -0.381 e. The summed E-state index contributed by atoms with van der Waals surface area (Å²) in [4.78, 5) is 2.58. The largest absolute Gasteiger partial charge is 0.381 e. The maximum Gasteiger partial charge on any atom is 0.0510 e. The highest BCUT2D eigenvalue weighted by Gasteiger charge is 2.31. The molecule has 3 heteroatoms. The summed E-state index contributed by atoms with van der Waals surface area (Å²) in [6, 6.07) is 10.00. The Hall–Kier alpha value is -1.06. The van der Waals surface area contributed by atoms with E-state index in [0.29, 0.717) is 18.0 Å². The molecular formula is C17H26N2O. The average molecular weight is 274 g/mol. The Morgan fingerprint density at radius 2 is 2.25 bits per heavy atom. The van der Waals surface area contributed by atoms with E-state index in [1.807, 2.05) is 0 Å². The van der Waals surface area contributed by atoms with Crippen molar-refractivity contribution in [3.63, 3.8) is 0 Å². The van der Waals surface area contributed by atoms with Crippen molar-refractivity contribution in [1.82, 2.24) is 5.32 Å². The van der Waals surface area contributed by atoms with Crippen molar-refractivity contribution in [3.8, 4) is 0 Å². The quantitative estimate of drug-likeness (QED) is 0.892. The molecule has 3 nitrogen and oxygen atoms in total. The lowest BCUT2D eigenvalue weighted by atomic mass is 9.98. The first-order valence-corrected chi connectivity index (χ1v) is 7.95. The number of nitrogens with zero attached hydrogens (tertiary/aromatic N) is 1. The summed E-state index contributed by atoms with van der Waals surface area (Å²) in [5.41, 5.74) is 2.93. The second-order valence-corrected chi connectivity index (χ2v) is 6.12. The summed E-state index contributed by atoms with van der Waals surface area (Å²) in [6.45, 7) is 8.52. The van der Waals surface area contributed by atoms with Crippen molar-refractivity contribution in [1.29, 1.82) is 0 Å². The number of benzene rings is 1. The lowest BCUT2D eigenvalue weighted by Gasteiger charge is -2.32. The highest BCUT2D eigenvalue weighted by atomic mass is 16.5. The first-order chi connectivity index (χ1) is 9.79. The molecule has 1 fully saturated rings. The number of likely N-dealkylation sites (N-methyl/N-ethyl adjacent to an activating group) is 1. The molecule has 110 valence electrons. The Balaban J connectivity index is 1.74. The van der Waals surface area contributed by atoms with E-state index in [1.54, 1.807) is 0 Å². The summed E-state index contributed by atoms with van der Waals surface area (Å²) in [7, 11) is 0. The Kier molecular flexibility index (Phi) is 4.27. The molecule has 0 radical (unpaired) electrons. The fourth-order valence-corrected chi connectivity index (χ4v) is 3.63. The number of para-hydroxylation sites is 1. The molecule has 0 spiro atoms. The van der Waals surface area contributed by atoms with Gasteiger partial charge in [0.15, 0.2) is 0 Å². The molecule has 0 aliphatic carbocycles. The third kappa shape index (κ3) is 2.70. The summed E-state index contributed by atoms with van der Waals surface area (Å²) >= 11 is 0. The summed E-state index contributed by atoms with van der Waals surface area (Å²) in [6.07, 6.45) is 2.37. The minimum absolute atomic E-state index is 0.538. The molecule has 1 aromatic carbocycles. The van der Waals surface area contributed by atoms with Gasteiger partial charge in [0.25, 0.3) is 0 Å². The van der Waals surface area contributed by atoms with Gasteiger partial charge in [0.05, 0.1) is 6.61 Å². The van der Waals surface area contributed by atoms with Gasteiger partial charge in [-0.3, -0.25) is 0 Å². The first kappa shape index (κ1) is 13.9. The predicted octanol–water partition coefficient (Wildman–Crippen LogP) is 2.45. The van der Waals surface area contributed by atoms with E-state index >= 15 is 0 Å². The van der Waals surface area contributed by atoms with Gasteiger partial charge in [-0.15, -0.1) is 0 Å². The number of anilines is 1. The fraction of sp³-hybridized carbons (Fsp3) is 0.647. The third-order valence-corrected chi connectivity index (χ3v) is 4.74. The maximum atomic E-state index is 5.59. The molecule has 2 heterocycles. The molecule has 3 atom stereocenters. The van der Waals surface area contributed by atoms with Crippen LogP contribution in [0.3, 0.4) is 0 Å². The Morgan fingerprint density at radius 1 is 1.40 bits per heavy atom. The van der Waals surface area contributed by atoms with E-state index in [4.69, 9.17) is 4.74 Å². The zero-order valence-corrected chi connectivity index (χ0v) is 12.6. The molecule has 1 aromatic rings. The SMILES string of the molecule is CCNC(CN1c2ccccc2CC1C)C1CCOC1. The van der Waals surface area contributed by atoms with Gasteiger partial charge in [-0.05, 0) is 37.9 Å². The van der Waals surface area contributed by atoms with E-state index in [0.717, 1.165) is 26.3 Å². The smallest absolute Gasteiger partial charge is 0.0510 e. The molecule has 0 bridgehead atoms. The number of fused-ring (bicyclic) bond motifs is 1. The van der Waals surface area contributed by atoms with Gasteiger partial charge >= 0.3 is 0 Å². The Bertz CT molecular complexity index is 442. The number of hydrogen-bond donors (Lipinski definition) is 1. The van der Waals surface area contributed by atoms with Crippen molar-refractivity contribution in [2.45, 2.75) is 38.8 Å². The number of ether oxygens (including phenoxy) is 1. The van der Waals surface area contributed by atoms with Crippen LogP contribution in [0.2, 0.25) is 0 Å². The lowest BCUT2D eigenvalue weighted by Crippen LogP contribution is -2.47. The first-order valence-electron chi connectivity index (χ1n) is 7.95. The van der Waals surface area contributed by atoms with Crippen LogP contribution in [0.1, 0.15) is 25.8 Å². The topological polar surface area (TPSA) is 24.5 Å². The number of nitrogens with one attached hydrogen (secondary N) is 1. The zero-order chi connectivity index (χ0) is 13.9. The molecule has 2 aliphatic rings. The van der Waals surface area contributed by atoms with Crippen molar-refractivity contribution in [3.05, 3.63) is 29.8 Å². The van der Waals surface area contributed by atoms with Gasteiger partial charge in [-0.25, -0.2) is 0 Å². The van der Waals surface area contributed by atoms with Gasteiger partial charge in [-0.1, -0.05) is 25.1 Å². The van der Waals surface area contributed by atoms with Crippen molar-refractivity contribution in [2.75, 3.05) is 31.2 Å². The molecular weight excluding hydrogens is 248 g/mol. The van der Waals surface area contributed by atoms with Gasteiger partial charge in [-0.2, -0.15) is 0 Å². The van der Waals surface area contributed by atoms with Gasteiger partial charge in [0.1, 0.15) is 0 Å². The second kappa shape index (κ2) is 6.15. The summed E-state index contributed by atoms with van der Waals surface area (Å²) in [5.74, 6) is 0.662.